The molecule has 6 heteroatoms. The summed E-state index contributed by atoms with van der Waals surface area (Å²) in [6.07, 6.45) is 2.77. The van der Waals surface area contributed by atoms with Crippen molar-refractivity contribution in [2.45, 2.75) is 25.8 Å². The minimum Gasteiger partial charge on any atom is -0.480 e. The summed E-state index contributed by atoms with van der Waals surface area (Å²) in [6.45, 7) is 1.87. The fourth-order valence-electron chi connectivity index (χ4n) is 2.02. The zero-order chi connectivity index (χ0) is 15.2. The Hall–Kier alpha value is -2.63. The Kier molecular flexibility index (Phi) is 4.71. The summed E-state index contributed by atoms with van der Waals surface area (Å²) in [7, 11) is 0. The third-order valence-corrected chi connectivity index (χ3v) is 3.04. The van der Waals surface area contributed by atoms with Gasteiger partial charge >= 0.3 is 12.0 Å². The first-order valence-corrected chi connectivity index (χ1v) is 6.75. The maximum absolute atomic E-state index is 11.8. The van der Waals surface area contributed by atoms with E-state index in [-0.39, 0.29) is 0 Å². The molecule has 0 aliphatic heterocycles. The molecule has 2 rings (SSSR count). The Labute approximate surface area is 122 Å². The van der Waals surface area contributed by atoms with Crippen molar-refractivity contribution in [2.75, 3.05) is 5.32 Å². The van der Waals surface area contributed by atoms with E-state index in [0.717, 1.165) is 10.9 Å². The molecule has 0 fully saturated rings. The van der Waals surface area contributed by atoms with Crippen molar-refractivity contribution in [3.63, 3.8) is 0 Å². The van der Waals surface area contributed by atoms with Gasteiger partial charge in [-0.3, -0.25) is 4.98 Å². The van der Waals surface area contributed by atoms with Crippen LogP contribution in [0.5, 0.6) is 0 Å². The number of carboxylic acid groups (broad SMARTS) is 1. The van der Waals surface area contributed by atoms with Gasteiger partial charge in [-0.1, -0.05) is 19.4 Å². The molecule has 0 unspecified atom stereocenters. The third kappa shape index (κ3) is 3.92. The minimum absolute atomic E-state index is 0.393. The molecule has 0 saturated heterocycles. The molecular formula is C15H17N3O3. The summed E-state index contributed by atoms with van der Waals surface area (Å²) >= 11 is 0. The highest BCUT2D eigenvalue weighted by atomic mass is 16.4. The largest absolute Gasteiger partial charge is 0.480 e. The molecule has 1 aromatic heterocycles. The number of aromatic nitrogens is 1. The number of hydrogen-bond acceptors (Lipinski definition) is 3. The summed E-state index contributed by atoms with van der Waals surface area (Å²) in [5, 5.41) is 15.0. The SMILES string of the molecule is CCC[C@@H](NC(=O)Nc1ccc2ncccc2c1)C(=O)O. The van der Waals surface area contributed by atoms with E-state index in [1.54, 1.807) is 24.4 Å². The average molecular weight is 287 g/mol. The standard InChI is InChI=1S/C15H17N3O3/c1-2-4-13(14(19)20)18-15(21)17-11-6-7-12-10(9-11)5-3-8-16-12/h3,5-9,13H,2,4H2,1H3,(H,19,20)(H2,17,18,21)/t13-/m1/s1. The Bertz CT molecular complexity index is 657. The van der Waals surface area contributed by atoms with Crippen molar-refractivity contribution >= 4 is 28.6 Å². The number of carbonyl (C=O) groups is 2. The molecule has 2 amide bonds. The van der Waals surface area contributed by atoms with Gasteiger partial charge in [-0.15, -0.1) is 0 Å². The predicted octanol–water partition coefficient (Wildman–Crippen LogP) is 2.61. The van der Waals surface area contributed by atoms with Crippen molar-refractivity contribution in [1.29, 1.82) is 0 Å². The zero-order valence-corrected chi connectivity index (χ0v) is 11.7. The summed E-state index contributed by atoms with van der Waals surface area (Å²) < 4.78 is 0. The molecule has 3 N–H and O–H groups in total. The van der Waals surface area contributed by atoms with Gasteiger partial charge in [0.1, 0.15) is 6.04 Å². The van der Waals surface area contributed by atoms with E-state index in [1.165, 1.54) is 0 Å². The topological polar surface area (TPSA) is 91.3 Å². The van der Waals surface area contributed by atoms with Gasteiger partial charge in [-0.05, 0) is 30.7 Å². The first-order valence-electron chi connectivity index (χ1n) is 6.75. The lowest BCUT2D eigenvalue weighted by molar-refractivity contribution is -0.139. The highest BCUT2D eigenvalue weighted by Crippen LogP contribution is 2.16. The molecule has 21 heavy (non-hydrogen) atoms. The smallest absolute Gasteiger partial charge is 0.326 e. The summed E-state index contributed by atoms with van der Waals surface area (Å²) in [5.74, 6) is -1.03. The van der Waals surface area contributed by atoms with Gasteiger partial charge in [0.05, 0.1) is 5.52 Å². The third-order valence-electron chi connectivity index (χ3n) is 3.04. The van der Waals surface area contributed by atoms with Crippen LogP contribution in [0.15, 0.2) is 36.5 Å². The van der Waals surface area contributed by atoms with E-state index in [0.29, 0.717) is 18.5 Å². The molecule has 110 valence electrons. The van der Waals surface area contributed by atoms with Crippen LogP contribution in [0.1, 0.15) is 19.8 Å². The van der Waals surface area contributed by atoms with Gasteiger partial charge in [0, 0.05) is 17.3 Å². The van der Waals surface area contributed by atoms with Crippen molar-refractivity contribution in [3.8, 4) is 0 Å². The number of fused-ring (bicyclic) bond motifs is 1. The van der Waals surface area contributed by atoms with Crippen LogP contribution in [0.4, 0.5) is 10.5 Å². The number of aliphatic carboxylic acids is 1. The molecule has 0 aliphatic carbocycles. The van der Waals surface area contributed by atoms with Crippen LogP contribution in [0.3, 0.4) is 0 Å². The maximum atomic E-state index is 11.8. The molecule has 2 aromatic rings. The number of carboxylic acids is 1. The van der Waals surface area contributed by atoms with Crippen LogP contribution < -0.4 is 10.6 Å². The van der Waals surface area contributed by atoms with Gasteiger partial charge in [0.2, 0.25) is 0 Å². The molecule has 0 spiro atoms. The lowest BCUT2D eigenvalue weighted by atomic mass is 10.2. The normalized spacial score (nSPS) is 11.9. The number of amides is 2. The fraction of sp³-hybridized carbons (Fsp3) is 0.267. The number of hydrogen-bond donors (Lipinski definition) is 3. The number of anilines is 1. The van der Waals surface area contributed by atoms with E-state index in [2.05, 4.69) is 15.6 Å². The van der Waals surface area contributed by atoms with E-state index < -0.39 is 18.0 Å². The van der Waals surface area contributed by atoms with Gasteiger partial charge in [0.15, 0.2) is 0 Å². The van der Waals surface area contributed by atoms with Crippen LogP contribution in [0.25, 0.3) is 10.9 Å². The lowest BCUT2D eigenvalue weighted by Gasteiger charge is -2.14. The molecule has 0 bridgehead atoms. The molecule has 0 radical (unpaired) electrons. The second-order valence-corrected chi connectivity index (χ2v) is 4.69. The predicted molar refractivity (Wildman–Crippen MR) is 80.2 cm³/mol. The van der Waals surface area contributed by atoms with Gasteiger partial charge in [0.25, 0.3) is 0 Å². The first-order chi connectivity index (χ1) is 10.1. The molecule has 6 nitrogen and oxygen atoms in total. The van der Waals surface area contributed by atoms with Crippen LogP contribution in [0.2, 0.25) is 0 Å². The minimum atomic E-state index is -1.03. The second kappa shape index (κ2) is 6.69. The van der Waals surface area contributed by atoms with Gasteiger partial charge in [-0.2, -0.15) is 0 Å². The van der Waals surface area contributed by atoms with E-state index in [1.807, 2.05) is 19.1 Å². The van der Waals surface area contributed by atoms with Crippen molar-refractivity contribution < 1.29 is 14.7 Å². The average Bonchev–Trinajstić information content (AvgIpc) is 2.46. The summed E-state index contributed by atoms with van der Waals surface area (Å²) in [6, 6.07) is 7.61. The molecular weight excluding hydrogens is 270 g/mol. The van der Waals surface area contributed by atoms with Crippen LogP contribution in [-0.2, 0) is 4.79 Å². The Morgan fingerprint density at radius 3 is 2.86 bits per heavy atom. The molecule has 0 aliphatic rings. The number of rotatable bonds is 5. The van der Waals surface area contributed by atoms with Gasteiger partial charge < -0.3 is 15.7 Å². The highest BCUT2D eigenvalue weighted by Gasteiger charge is 2.18. The first kappa shape index (κ1) is 14.8. The molecule has 1 heterocycles. The monoisotopic (exact) mass is 287 g/mol. The summed E-state index contributed by atoms with van der Waals surface area (Å²) in [4.78, 5) is 27.0. The lowest BCUT2D eigenvalue weighted by Crippen LogP contribution is -2.42. The quantitative estimate of drug-likeness (QED) is 0.788. The van der Waals surface area contributed by atoms with Crippen LogP contribution in [-0.4, -0.2) is 28.1 Å². The maximum Gasteiger partial charge on any atom is 0.326 e. The number of urea groups is 1. The van der Waals surface area contributed by atoms with E-state index in [4.69, 9.17) is 5.11 Å². The number of nitrogens with zero attached hydrogens (tertiary/aromatic N) is 1. The van der Waals surface area contributed by atoms with Gasteiger partial charge in [-0.25, -0.2) is 9.59 Å². The van der Waals surface area contributed by atoms with Crippen LogP contribution in [0, 0.1) is 0 Å². The Morgan fingerprint density at radius 1 is 1.33 bits per heavy atom. The molecule has 0 saturated carbocycles. The molecule has 1 aromatic carbocycles. The fourth-order valence-corrected chi connectivity index (χ4v) is 2.02. The van der Waals surface area contributed by atoms with E-state index >= 15 is 0 Å². The number of pyridine rings is 1. The number of carbonyl (C=O) groups excluding carboxylic acids is 1. The van der Waals surface area contributed by atoms with Crippen molar-refractivity contribution in [1.82, 2.24) is 10.3 Å². The number of benzene rings is 1. The zero-order valence-electron chi connectivity index (χ0n) is 11.7. The van der Waals surface area contributed by atoms with E-state index in [9.17, 15) is 9.59 Å². The highest BCUT2D eigenvalue weighted by molar-refractivity contribution is 5.94. The number of nitrogens with one attached hydrogen (secondary N) is 2. The Balaban J connectivity index is 2.05. The summed E-state index contributed by atoms with van der Waals surface area (Å²) in [5.41, 5.74) is 1.42. The Morgan fingerprint density at radius 2 is 2.14 bits per heavy atom. The second-order valence-electron chi connectivity index (χ2n) is 4.69. The molecule has 1 atom stereocenters. The van der Waals surface area contributed by atoms with Crippen LogP contribution >= 0.6 is 0 Å². The van der Waals surface area contributed by atoms with Crippen molar-refractivity contribution in [2.24, 2.45) is 0 Å². The van der Waals surface area contributed by atoms with Crippen molar-refractivity contribution in [3.05, 3.63) is 36.5 Å².